The van der Waals surface area contributed by atoms with E-state index in [-0.39, 0.29) is 0 Å². The van der Waals surface area contributed by atoms with Crippen molar-refractivity contribution < 1.29 is 22.7 Å². The number of nitrogens with one attached hydrogen (secondary N) is 1. The van der Waals surface area contributed by atoms with Crippen molar-refractivity contribution in [1.29, 1.82) is 0 Å². The lowest BCUT2D eigenvalue weighted by molar-refractivity contribution is -0.141. The number of carbonyl (C=O) groups is 1. The lowest BCUT2D eigenvalue weighted by Gasteiger charge is -2.37. The van der Waals surface area contributed by atoms with Crippen molar-refractivity contribution in [3.8, 4) is 0 Å². The molecule has 0 bridgehead atoms. The first-order valence-electron chi connectivity index (χ1n) is 6.63. The van der Waals surface area contributed by atoms with Crippen molar-refractivity contribution in [2.75, 3.05) is 53.0 Å². The molecule has 1 saturated heterocycles. The summed E-state index contributed by atoms with van der Waals surface area (Å²) in [5.41, 5.74) is 0. The van der Waals surface area contributed by atoms with Gasteiger partial charge in [-0.05, 0) is 6.92 Å². The maximum Gasteiger partial charge on any atom is 0.405 e. The maximum absolute atomic E-state index is 12.0. The quantitative estimate of drug-likeness (QED) is 0.767. The molecule has 0 aromatic rings. The van der Waals surface area contributed by atoms with Gasteiger partial charge >= 0.3 is 6.18 Å². The van der Waals surface area contributed by atoms with Crippen molar-refractivity contribution >= 4 is 5.91 Å². The van der Waals surface area contributed by atoms with E-state index in [0.29, 0.717) is 19.7 Å². The van der Waals surface area contributed by atoms with Crippen LogP contribution in [0.3, 0.4) is 0 Å². The van der Waals surface area contributed by atoms with Gasteiger partial charge in [0.05, 0.1) is 12.6 Å². The Hall–Kier alpha value is -0.860. The molecule has 0 aromatic heterocycles. The van der Waals surface area contributed by atoms with Gasteiger partial charge in [-0.1, -0.05) is 0 Å². The van der Waals surface area contributed by atoms with Gasteiger partial charge in [-0.3, -0.25) is 14.6 Å². The van der Waals surface area contributed by atoms with Gasteiger partial charge in [-0.2, -0.15) is 13.2 Å². The Labute approximate surface area is 117 Å². The van der Waals surface area contributed by atoms with Crippen LogP contribution in [0.5, 0.6) is 0 Å². The Balaban J connectivity index is 2.31. The molecule has 0 aliphatic carbocycles. The minimum Gasteiger partial charge on any atom is -0.383 e. The van der Waals surface area contributed by atoms with Gasteiger partial charge in [0.2, 0.25) is 5.91 Å². The fourth-order valence-electron chi connectivity index (χ4n) is 2.10. The van der Waals surface area contributed by atoms with Crippen LogP contribution in [0.1, 0.15) is 6.92 Å². The van der Waals surface area contributed by atoms with Crippen LogP contribution in [-0.2, 0) is 9.53 Å². The summed E-state index contributed by atoms with van der Waals surface area (Å²) >= 11 is 0. The fraction of sp³-hybridized carbons (Fsp3) is 0.917. The summed E-state index contributed by atoms with van der Waals surface area (Å²) in [5.74, 6) is -0.576. The average Bonchev–Trinajstić information content (AvgIpc) is 2.41. The molecule has 1 aliphatic rings. The predicted octanol–water partition coefficient (Wildman–Crippen LogP) is 0.317. The number of ether oxygens (including phenoxy) is 1. The van der Waals surface area contributed by atoms with E-state index >= 15 is 0 Å². The van der Waals surface area contributed by atoms with Gasteiger partial charge in [-0.25, -0.2) is 0 Å². The first kappa shape index (κ1) is 17.2. The molecule has 118 valence electrons. The molecule has 8 heteroatoms. The summed E-state index contributed by atoms with van der Waals surface area (Å²) in [6.07, 6.45) is -4.37. The summed E-state index contributed by atoms with van der Waals surface area (Å²) in [6, 6.07) is -0.540. The van der Waals surface area contributed by atoms with Gasteiger partial charge in [0.15, 0.2) is 0 Å². The Morgan fingerprint density at radius 1 is 1.30 bits per heavy atom. The average molecular weight is 297 g/mol. The number of carbonyl (C=O) groups excluding carboxylic acids is 1. The fourth-order valence-corrected chi connectivity index (χ4v) is 2.10. The van der Waals surface area contributed by atoms with Crippen molar-refractivity contribution in [2.24, 2.45) is 0 Å². The standard InChI is InChI=1S/C12H22F3N3O2/c1-10(11(19)16-9-12(13,14)15)18-5-3-17(4-6-18)7-8-20-2/h10H,3-9H2,1-2H3,(H,16,19). The Morgan fingerprint density at radius 3 is 2.40 bits per heavy atom. The predicted molar refractivity (Wildman–Crippen MR) is 68.4 cm³/mol. The Morgan fingerprint density at radius 2 is 1.90 bits per heavy atom. The highest BCUT2D eigenvalue weighted by molar-refractivity contribution is 5.81. The number of methoxy groups -OCH3 is 1. The van der Waals surface area contributed by atoms with Gasteiger partial charge in [0, 0.05) is 39.8 Å². The molecule has 1 rings (SSSR count). The summed E-state index contributed by atoms with van der Waals surface area (Å²) in [7, 11) is 1.64. The van der Waals surface area contributed by atoms with E-state index in [4.69, 9.17) is 4.74 Å². The van der Waals surface area contributed by atoms with E-state index in [1.165, 1.54) is 0 Å². The molecule has 1 heterocycles. The largest absolute Gasteiger partial charge is 0.405 e. The molecule has 20 heavy (non-hydrogen) atoms. The maximum atomic E-state index is 12.0. The number of alkyl halides is 3. The normalized spacial score (nSPS) is 19.9. The Bertz CT molecular complexity index is 305. The summed E-state index contributed by atoms with van der Waals surface area (Å²) in [6.45, 7) is 4.77. The molecule has 0 saturated carbocycles. The highest BCUT2D eigenvalue weighted by Crippen LogP contribution is 2.13. The highest BCUT2D eigenvalue weighted by Gasteiger charge is 2.30. The van der Waals surface area contributed by atoms with E-state index in [9.17, 15) is 18.0 Å². The van der Waals surface area contributed by atoms with Crippen LogP contribution in [0.15, 0.2) is 0 Å². The summed E-state index contributed by atoms with van der Waals surface area (Å²) in [5, 5.41) is 1.93. The lowest BCUT2D eigenvalue weighted by Crippen LogP contribution is -2.54. The third-order valence-electron chi connectivity index (χ3n) is 3.41. The third kappa shape index (κ3) is 6.06. The second-order valence-electron chi connectivity index (χ2n) is 4.88. The number of piperazine rings is 1. The SMILES string of the molecule is COCCN1CCN(C(C)C(=O)NCC(F)(F)F)CC1. The second kappa shape index (κ2) is 7.80. The van der Waals surface area contributed by atoms with Crippen LogP contribution < -0.4 is 5.32 Å². The molecule has 0 radical (unpaired) electrons. The molecular formula is C12H22F3N3O2. The first-order valence-corrected chi connectivity index (χ1v) is 6.63. The van der Waals surface area contributed by atoms with Gasteiger partial charge in [-0.15, -0.1) is 0 Å². The number of amides is 1. The van der Waals surface area contributed by atoms with Crippen LogP contribution in [0.4, 0.5) is 13.2 Å². The van der Waals surface area contributed by atoms with Crippen LogP contribution >= 0.6 is 0 Å². The van der Waals surface area contributed by atoms with Crippen molar-refractivity contribution in [2.45, 2.75) is 19.1 Å². The zero-order chi connectivity index (χ0) is 15.2. The number of nitrogens with zero attached hydrogens (tertiary/aromatic N) is 2. The van der Waals surface area contributed by atoms with E-state index < -0.39 is 24.7 Å². The molecule has 5 nitrogen and oxygen atoms in total. The van der Waals surface area contributed by atoms with Crippen molar-refractivity contribution in [3.05, 3.63) is 0 Å². The monoisotopic (exact) mass is 297 g/mol. The molecule has 1 unspecified atom stereocenters. The topological polar surface area (TPSA) is 44.8 Å². The third-order valence-corrected chi connectivity index (χ3v) is 3.41. The van der Waals surface area contributed by atoms with Gasteiger partial charge in [0.25, 0.3) is 0 Å². The minimum atomic E-state index is -4.37. The molecule has 1 N–H and O–H groups in total. The first-order chi connectivity index (χ1) is 9.33. The molecule has 1 aliphatic heterocycles. The van der Waals surface area contributed by atoms with Crippen LogP contribution in [-0.4, -0.2) is 80.9 Å². The zero-order valence-corrected chi connectivity index (χ0v) is 11.9. The molecule has 1 amide bonds. The highest BCUT2D eigenvalue weighted by atomic mass is 19.4. The smallest absolute Gasteiger partial charge is 0.383 e. The number of hydrogen-bond donors (Lipinski definition) is 1. The van der Waals surface area contributed by atoms with E-state index in [2.05, 4.69) is 4.90 Å². The van der Waals surface area contributed by atoms with E-state index in [1.54, 1.807) is 14.0 Å². The van der Waals surface area contributed by atoms with Crippen LogP contribution in [0.25, 0.3) is 0 Å². The molecule has 1 fully saturated rings. The second-order valence-corrected chi connectivity index (χ2v) is 4.88. The number of rotatable bonds is 6. The lowest BCUT2D eigenvalue weighted by atomic mass is 10.2. The molecule has 0 spiro atoms. The van der Waals surface area contributed by atoms with Crippen molar-refractivity contribution in [1.82, 2.24) is 15.1 Å². The van der Waals surface area contributed by atoms with Gasteiger partial charge in [0.1, 0.15) is 6.54 Å². The van der Waals surface area contributed by atoms with Crippen LogP contribution in [0.2, 0.25) is 0 Å². The number of halogens is 3. The van der Waals surface area contributed by atoms with Crippen LogP contribution in [0, 0.1) is 0 Å². The van der Waals surface area contributed by atoms with E-state index in [1.807, 2.05) is 10.2 Å². The number of hydrogen-bond acceptors (Lipinski definition) is 4. The van der Waals surface area contributed by atoms with Gasteiger partial charge < -0.3 is 10.1 Å². The molecule has 1 atom stereocenters. The summed E-state index contributed by atoms with van der Waals surface area (Å²) in [4.78, 5) is 15.8. The molecular weight excluding hydrogens is 275 g/mol. The summed E-state index contributed by atoms with van der Waals surface area (Å²) < 4.78 is 41.1. The van der Waals surface area contributed by atoms with E-state index in [0.717, 1.165) is 19.6 Å². The molecule has 0 aromatic carbocycles. The Kier molecular flexibility index (Phi) is 6.70. The zero-order valence-electron chi connectivity index (χ0n) is 11.9. The minimum absolute atomic E-state index is 0.540. The van der Waals surface area contributed by atoms with Crippen molar-refractivity contribution in [3.63, 3.8) is 0 Å².